The Morgan fingerprint density at radius 2 is 2.07 bits per heavy atom. The second-order valence-corrected chi connectivity index (χ2v) is 9.64. The Hall–Kier alpha value is -2.24. The molecule has 1 unspecified atom stereocenters. The van der Waals surface area contributed by atoms with Crippen LogP contribution in [0.5, 0.6) is 0 Å². The molecule has 0 fully saturated rings. The summed E-state index contributed by atoms with van der Waals surface area (Å²) in [7, 11) is 0. The van der Waals surface area contributed by atoms with Gasteiger partial charge < -0.3 is 14.8 Å². The van der Waals surface area contributed by atoms with E-state index in [9.17, 15) is 4.79 Å². The van der Waals surface area contributed by atoms with Gasteiger partial charge in [-0.15, -0.1) is 11.3 Å². The predicted octanol–water partition coefficient (Wildman–Crippen LogP) is 6.10. The van der Waals surface area contributed by atoms with Gasteiger partial charge >= 0.3 is 6.03 Å². The third-order valence-corrected chi connectivity index (χ3v) is 7.70. The SMILES string of the molecule is CCCNC(=O)N1Cc2c(sc3c2CCCC3)-n2cccc2C1c1cccc(Cl)c1. The van der Waals surface area contributed by atoms with Gasteiger partial charge in [0.05, 0.1) is 18.3 Å². The standard InChI is InChI=1S/C24H26ClN3OS/c1-2-12-26-24(29)28-15-19-18-9-3-4-11-21(18)30-23(19)27-13-6-10-20(27)22(28)16-7-5-8-17(25)14-16/h5-8,10,13-14,22H,2-4,9,11-12,15H2,1H3,(H,26,29). The maximum absolute atomic E-state index is 13.4. The highest BCUT2D eigenvalue weighted by molar-refractivity contribution is 7.15. The maximum Gasteiger partial charge on any atom is 0.318 e. The number of rotatable bonds is 3. The molecule has 1 N–H and O–H groups in total. The number of fused-ring (bicyclic) bond motifs is 5. The fourth-order valence-corrected chi connectivity index (χ4v) is 6.35. The second kappa shape index (κ2) is 8.12. The molecule has 1 aliphatic carbocycles. The summed E-state index contributed by atoms with van der Waals surface area (Å²) in [6.45, 7) is 3.37. The van der Waals surface area contributed by atoms with E-state index in [1.54, 1.807) is 0 Å². The molecule has 2 aliphatic rings. The van der Waals surface area contributed by atoms with E-state index < -0.39 is 0 Å². The van der Waals surface area contributed by atoms with Crippen molar-refractivity contribution in [2.45, 2.75) is 51.6 Å². The summed E-state index contributed by atoms with van der Waals surface area (Å²) in [5.74, 6) is 0. The number of aryl methyl sites for hydroxylation is 1. The molecule has 3 heterocycles. The quantitative estimate of drug-likeness (QED) is 0.526. The molecule has 30 heavy (non-hydrogen) atoms. The number of hydrogen-bond donors (Lipinski definition) is 1. The number of amides is 2. The van der Waals surface area contributed by atoms with Gasteiger partial charge in [-0.3, -0.25) is 0 Å². The number of thiophene rings is 1. The first kappa shape index (κ1) is 19.7. The van der Waals surface area contributed by atoms with E-state index >= 15 is 0 Å². The van der Waals surface area contributed by atoms with Crippen LogP contribution in [0.2, 0.25) is 5.02 Å². The van der Waals surface area contributed by atoms with Crippen LogP contribution in [0.15, 0.2) is 42.6 Å². The van der Waals surface area contributed by atoms with E-state index in [1.807, 2.05) is 34.4 Å². The number of halogens is 1. The molecule has 156 valence electrons. The van der Waals surface area contributed by atoms with Crippen molar-refractivity contribution in [2.75, 3.05) is 6.54 Å². The topological polar surface area (TPSA) is 37.3 Å². The van der Waals surface area contributed by atoms with Crippen molar-refractivity contribution in [1.29, 1.82) is 0 Å². The van der Waals surface area contributed by atoms with Gasteiger partial charge in [-0.05, 0) is 67.5 Å². The van der Waals surface area contributed by atoms with Gasteiger partial charge in [0.15, 0.2) is 0 Å². The van der Waals surface area contributed by atoms with E-state index in [-0.39, 0.29) is 12.1 Å². The summed E-state index contributed by atoms with van der Waals surface area (Å²) in [5.41, 5.74) is 4.95. The molecule has 0 radical (unpaired) electrons. The molecule has 5 rings (SSSR count). The van der Waals surface area contributed by atoms with Crippen molar-refractivity contribution < 1.29 is 4.79 Å². The Balaban J connectivity index is 1.69. The Bertz CT molecular complexity index is 1090. The zero-order chi connectivity index (χ0) is 20.7. The summed E-state index contributed by atoms with van der Waals surface area (Å²) in [5, 5.41) is 5.09. The first-order valence-electron chi connectivity index (χ1n) is 10.8. The van der Waals surface area contributed by atoms with Crippen LogP contribution in [-0.2, 0) is 19.4 Å². The minimum absolute atomic E-state index is 0.0156. The van der Waals surface area contributed by atoms with Gasteiger partial charge in [0, 0.05) is 28.2 Å². The van der Waals surface area contributed by atoms with Crippen LogP contribution in [0.1, 0.15) is 59.5 Å². The van der Waals surface area contributed by atoms with Crippen molar-refractivity contribution in [3.05, 3.63) is 74.9 Å². The molecule has 2 amide bonds. The van der Waals surface area contributed by atoms with Crippen LogP contribution in [0.4, 0.5) is 4.79 Å². The molecule has 6 heteroatoms. The van der Waals surface area contributed by atoms with Crippen molar-refractivity contribution in [2.24, 2.45) is 0 Å². The summed E-state index contributed by atoms with van der Waals surface area (Å²) in [6, 6.07) is 11.9. The van der Waals surface area contributed by atoms with Crippen LogP contribution >= 0.6 is 22.9 Å². The van der Waals surface area contributed by atoms with Gasteiger partial charge in [0.25, 0.3) is 0 Å². The number of urea groups is 1. The van der Waals surface area contributed by atoms with E-state index in [0.29, 0.717) is 18.1 Å². The third kappa shape index (κ3) is 3.34. The number of carbonyl (C=O) groups is 1. The smallest absolute Gasteiger partial charge is 0.318 e. The van der Waals surface area contributed by atoms with E-state index in [4.69, 9.17) is 11.6 Å². The average Bonchev–Trinajstić information content (AvgIpc) is 3.34. The molecule has 0 spiro atoms. The molecule has 1 aliphatic heterocycles. The molecular formula is C24H26ClN3OS. The molecule has 1 atom stereocenters. The summed E-state index contributed by atoms with van der Waals surface area (Å²) < 4.78 is 2.30. The zero-order valence-corrected chi connectivity index (χ0v) is 18.7. The Morgan fingerprint density at radius 1 is 1.20 bits per heavy atom. The molecule has 1 aromatic carbocycles. The second-order valence-electron chi connectivity index (χ2n) is 8.12. The van der Waals surface area contributed by atoms with Gasteiger partial charge in [-0.1, -0.05) is 30.7 Å². The number of benzene rings is 1. The van der Waals surface area contributed by atoms with Crippen LogP contribution in [-0.4, -0.2) is 22.0 Å². The Morgan fingerprint density at radius 3 is 2.90 bits per heavy atom. The highest BCUT2D eigenvalue weighted by atomic mass is 35.5. The van der Waals surface area contributed by atoms with Crippen molar-refractivity contribution >= 4 is 29.0 Å². The molecule has 0 saturated heterocycles. The lowest BCUT2D eigenvalue weighted by atomic mass is 9.95. The first-order valence-corrected chi connectivity index (χ1v) is 12.0. The number of hydrogen-bond acceptors (Lipinski definition) is 2. The highest BCUT2D eigenvalue weighted by Crippen LogP contribution is 2.44. The van der Waals surface area contributed by atoms with Crippen LogP contribution in [0.3, 0.4) is 0 Å². The van der Waals surface area contributed by atoms with Gasteiger partial charge in [-0.25, -0.2) is 4.79 Å². The Labute approximate surface area is 186 Å². The lowest BCUT2D eigenvalue weighted by Gasteiger charge is -2.31. The van der Waals surface area contributed by atoms with Crippen LogP contribution < -0.4 is 5.32 Å². The highest BCUT2D eigenvalue weighted by Gasteiger charge is 2.35. The number of nitrogens with one attached hydrogen (secondary N) is 1. The summed E-state index contributed by atoms with van der Waals surface area (Å²) >= 11 is 8.26. The van der Waals surface area contributed by atoms with Gasteiger partial charge in [0.2, 0.25) is 0 Å². The van der Waals surface area contributed by atoms with Crippen LogP contribution in [0, 0.1) is 0 Å². The average molecular weight is 440 g/mol. The summed E-state index contributed by atoms with van der Waals surface area (Å²) in [4.78, 5) is 16.9. The molecule has 2 aromatic heterocycles. The maximum atomic E-state index is 13.4. The van der Waals surface area contributed by atoms with Crippen molar-refractivity contribution in [3.8, 4) is 5.00 Å². The number of aromatic nitrogens is 1. The van der Waals surface area contributed by atoms with Crippen molar-refractivity contribution in [1.82, 2.24) is 14.8 Å². The van der Waals surface area contributed by atoms with E-state index in [0.717, 1.165) is 30.5 Å². The molecule has 0 saturated carbocycles. The normalized spacial score (nSPS) is 17.7. The largest absolute Gasteiger partial charge is 0.338 e. The molecular weight excluding hydrogens is 414 g/mol. The fraction of sp³-hybridized carbons (Fsp3) is 0.375. The van der Waals surface area contributed by atoms with Gasteiger partial charge in [0.1, 0.15) is 5.00 Å². The molecule has 3 aromatic rings. The fourth-order valence-electron chi connectivity index (χ4n) is 4.75. The van der Waals surface area contributed by atoms with Gasteiger partial charge in [-0.2, -0.15) is 0 Å². The zero-order valence-electron chi connectivity index (χ0n) is 17.2. The minimum atomic E-state index is -0.186. The lowest BCUT2D eigenvalue weighted by molar-refractivity contribution is 0.180. The third-order valence-electron chi connectivity index (χ3n) is 6.13. The molecule has 4 nitrogen and oxygen atoms in total. The monoisotopic (exact) mass is 439 g/mol. The van der Waals surface area contributed by atoms with Crippen molar-refractivity contribution in [3.63, 3.8) is 0 Å². The number of nitrogens with zero attached hydrogens (tertiary/aromatic N) is 2. The van der Waals surface area contributed by atoms with E-state index in [2.05, 4.69) is 41.2 Å². The predicted molar refractivity (Wildman–Crippen MR) is 123 cm³/mol. The minimum Gasteiger partial charge on any atom is -0.338 e. The number of carbonyl (C=O) groups excluding carboxylic acids is 1. The molecule has 0 bridgehead atoms. The van der Waals surface area contributed by atoms with E-state index in [1.165, 1.54) is 33.8 Å². The van der Waals surface area contributed by atoms with Crippen LogP contribution in [0.25, 0.3) is 5.00 Å². The summed E-state index contributed by atoms with van der Waals surface area (Å²) in [6.07, 6.45) is 7.82. The lowest BCUT2D eigenvalue weighted by Crippen LogP contribution is -2.42. The first-order chi connectivity index (χ1) is 14.7. The Kier molecular flexibility index (Phi) is 5.34.